The van der Waals surface area contributed by atoms with E-state index in [-0.39, 0.29) is 12.0 Å². The number of quaternary nitrogens is 1. The fourth-order valence-corrected chi connectivity index (χ4v) is 4.47. The lowest BCUT2D eigenvalue weighted by Gasteiger charge is -2.21. The highest BCUT2D eigenvalue weighted by molar-refractivity contribution is 7.09. The summed E-state index contributed by atoms with van der Waals surface area (Å²) in [5.41, 5.74) is 0.853. The molecule has 1 aliphatic rings. The van der Waals surface area contributed by atoms with Gasteiger partial charge in [0.25, 0.3) is 5.91 Å². The molecule has 1 saturated heterocycles. The first kappa shape index (κ1) is 18.2. The lowest BCUT2D eigenvalue weighted by atomic mass is 10.1. The first-order valence-electron chi connectivity index (χ1n) is 9.52. The van der Waals surface area contributed by atoms with Gasteiger partial charge < -0.3 is 15.0 Å². The molecule has 1 unspecified atom stereocenters. The van der Waals surface area contributed by atoms with Crippen molar-refractivity contribution in [2.24, 2.45) is 0 Å². The van der Waals surface area contributed by atoms with Gasteiger partial charge in [-0.1, -0.05) is 36.4 Å². The van der Waals surface area contributed by atoms with Crippen molar-refractivity contribution in [1.29, 1.82) is 0 Å². The Bertz CT molecular complexity index is 888. The molecule has 2 atom stereocenters. The van der Waals surface area contributed by atoms with E-state index < -0.39 is 0 Å². The number of nitrogens with one attached hydrogen (secondary N) is 2. The number of benzene rings is 2. The summed E-state index contributed by atoms with van der Waals surface area (Å²) in [5.74, 6) is 0.0508. The van der Waals surface area contributed by atoms with E-state index in [0.717, 1.165) is 43.6 Å². The van der Waals surface area contributed by atoms with Crippen molar-refractivity contribution >= 4 is 33.7 Å². The largest absolute Gasteiger partial charge is 0.372 e. The Balaban J connectivity index is 1.41. The maximum absolute atomic E-state index is 12.7. The number of amides is 1. The van der Waals surface area contributed by atoms with Crippen LogP contribution < -0.4 is 10.2 Å². The maximum atomic E-state index is 12.7. The standard InChI is InChI=1S/C22H24N2O2S/c25-22(23-19-10-9-17-5-1-2-6-18(17)13-19)16-24(14-20-7-3-11-26-20)15-21-8-4-12-27-21/h1-2,4-6,8-10,12-13,20H,3,7,11,14-16H2,(H,23,25)/p+1/t20-/m1/s1. The van der Waals surface area contributed by atoms with Crippen molar-refractivity contribution in [3.05, 3.63) is 64.9 Å². The van der Waals surface area contributed by atoms with Crippen LogP contribution >= 0.6 is 11.3 Å². The van der Waals surface area contributed by atoms with Crippen molar-refractivity contribution in [3.8, 4) is 0 Å². The minimum Gasteiger partial charge on any atom is -0.372 e. The third-order valence-corrected chi connectivity index (χ3v) is 5.86. The lowest BCUT2D eigenvalue weighted by Crippen LogP contribution is -3.12. The van der Waals surface area contributed by atoms with E-state index in [1.165, 1.54) is 15.2 Å². The molecule has 1 aromatic heterocycles. The number of hydrogen-bond donors (Lipinski definition) is 2. The highest BCUT2D eigenvalue weighted by Crippen LogP contribution is 2.18. The molecule has 5 heteroatoms. The van der Waals surface area contributed by atoms with Crippen LogP contribution in [0.3, 0.4) is 0 Å². The van der Waals surface area contributed by atoms with Crippen LogP contribution in [0.25, 0.3) is 10.8 Å². The van der Waals surface area contributed by atoms with Crippen molar-refractivity contribution < 1.29 is 14.4 Å². The van der Waals surface area contributed by atoms with E-state index in [2.05, 4.69) is 35.0 Å². The molecule has 0 saturated carbocycles. The van der Waals surface area contributed by atoms with Crippen LogP contribution in [0.5, 0.6) is 0 Å². The van der Waals surface area contributed by atoms with Gasteiger partial charge in [0.15, 0.2) is 6.54 Å². The monoisotopic (exact) mass is 381 g/mol. The van der Waals surface area contributed by atoms with Gasteiger partial charge in [0.2, 0.25) is 0 Å². The SMILES string of the molecule is O=C(C[NH+](Cc1cccs1)C[C@H]1CCCO1)Nc1ccc2ccccc2c1. The summed E-state index contributed by atoms with van der Waals surface area (Å²) in [7, 11) is 0. The van der Waals surface area contributed by atoms with Gasteiger partial charge in [0, 0.05) is 12.3 Å². The Morgan fingerprint density at radius 2 is 2.04 bits per heavy atom. The zero-order valence-corrected chi connectivity index (χ0v) is 16.1. The second-order valence-electron chi connectivity index (χ2n) is 7.13. The van der Waals surface area contributed by atoms with E-state index in [1.54, 1.807) is 11.3 Å². The molecule has 4 rings (SSSR count). The first-order valence-corrected chi connectivity index (χ1v) is 10.4. The average molecular weight is 382 g/mol. The summed E-state index contributed by atoms with van der Waals surface area (Å²) in [5, 5.41) is 7.48. The predicted molar refractivity (Wildman–Crippen MR) is 110 cm³/mol. The van der Waals surface area contributed by atoms with E-state index >= 15 is 0 Å². The number of anilines is 1. The Hall–Kier alpha value is -2.21. The number of carbonyl (C=O) groups is 1. The summed E-state index contributed by atoms with van der Waals surface area (Å²) < 4.78 is 5.80. The molecule has 0 radical (unpaired) electrons. The van der Waals surface area contributed by atoms with Gasteiger partial charge in [-0.15, -0.1) is 11.3 Å². The van der Waals surface area contributed by atoms with Gasteiger partial charge in [-0.05, 0) is 47.2 Å². The number of fused-ring (bicyclic) bond motifs is 1. The molecule has 2 aromatic carbocycles. The number of thiophene rings is 1. The van der Waals surface area contributed by atoms with Crippen LogP contribution in [-0.4, -0.2) is 31.7 Å². The molecule has 1 aliphatic heterocycles. The van der Waals surface area contributed by atoms with Crippen molar-refractivity contribution in [3.63, 3.8) is 0 Å². The Morgan fingerprint density at radius 1 is 1.15 bits per heavy atom. The predicted octanol–water partition coefficient (Wildman–Crippen LogP) is 3.10. The van der Waals surface area contributed by atoms with Gasteiger partial charge in [-0.3, -0.25) is 4.79 Å². The van der Waals surface area contributed by atoms with Crippen molar-refractivity contribution in [2.45, 2.75) is 25.5 Å². The number of ether oxygens (including phenoxy) is 1. The summed E-state index contributed by atoms with van der Waals surface area (Å²) in [4.78, 5) is 15.3. The first-order chi connectivity index (χ1) is 13.3. The van der Waals surface area contributed by atoms with E-state index in [4.69, 9.17) is 4.74 Å². The molecule has 140 valence electrons. The summed E-state index contributed by atoms with van der Waals surface area (Å²) >= 11 is 1.75. The second-order valence-corrected chi connectivity index (χ2v) is 8.16. The van der Waals surface area contributed by atoms with Crippen LogP contribution in [0.15, 0.2) is 60.0 Å². The van der Waals surface area contributed by atoms with Gasteiger partial charge in [0.1, 0.15) is 19.2 Å². The zero-order chi connectivity index (χ0) is 18.5. The smallest absolute Gasteiger partial charge is 0.279 e. The quantitative estimate of drug-likeness (QED) is 0.660. The molecular weight excluding hydrogens is 356 g/mol. The van der Waals surface area contributed by atoms with Crippen molar-refractivity contribution in [1.82, 2.24) is 0 Å². The Kier molecular flexibility index (Phi) is 5.82. The fourth-order valence-electron chi connectivity index (χ4n) is 3.69. The molecule has 0 aliphatic carbocycles. The molecule has 0 bridgehead atoms. The van der Waals surface area contributed by atoms with Crippen LogP contribution in [0.1, 0.15) is 17.7 Å². The minimum absolute atomic E-state index is 0.0508. The zero-order valence-electron chi connectivity index (χ0n) is 15.3. The van der Waals surface area contributed by atoms with E-state index in [0.29, 0.717) is 6.54 Å². The molecule has 2 heterocycles. The van der Waals surface area contributed by atoms with Gasteiger partial charge in [0.05, 0.1) is 4.88 Å². The Morgan fingerprint density at radius 3 is 2.81 bits per heavy atom. The summed E-state index contributed by atoms with van der Waals surface area (Å²) in [6, 6.07) is 18.4. The molecule has 1 fully saturated rings. The fraction of sp³-hybridized carbons (Fsp3) is 0.318. The molecule has 4 nitrogen and oxygen atoms in total. The van der Waals surface area contributed by atoms with Gasteiger partial charge in [-0.25, -0.2) is 0 Å². The maximum Gasteiger partial charge on any atom is 0.279 e. The van der Waals surface area contributed by atoms with Gasteiger partial charge >= 0.3 is 0 Å². The van der Waals surface area contributed by atoms with Crippen LogP contribution in [-0.2, 0) is 16.1 Å². The third-order valence-electron chi connectivity index (χ3n) is 4.99. The summed E-state index contributed by atoms with van der Waals surface area (Å²) in [6.45, 7) is 3.04. The lowest BCUT2D eigenvalue weighted by molar-refractivity contribution is -0.908. The second kappa shape index (κ2) is 8.65. The van der Waals surface area contributed by atoms with Crippen LogP contribution in [0.2, 0.25) is 0 Å². The summed E-state index contributed by atoms with van der Waals surface area (Å²) in [6.07, 6.45) is 2.49. The average Bonchev–Trinajstić information content (AvgIpc) is 3.36. The number of rotatable bonds is 7. The Labute approximate surface area is 163 Å². The molecule has 3 aromatic rings. The normalized spacial score (nSPS) is 17.9. The minimum atomic E-state index is 0.0508. The highest BCUT2D eigenvalue weighted by atomic mass is 32.1. The van der Waals surface area contributed by atoms with Gasteiger partial charge in [-0.2, -0.15) is 0 Å². The molecule has 1 amide bonds. The van der Waals surface area contributed by atoms with Crippen LogP contribution in [0.4, 0.5) is 5.69 Å². The highest BCUT2D eigenvalue weighted by Gasteiger charge is 2.24. The number of carbonyl (C=O) groups excluding carboxylic acids is 1. The van der Waals surface area contributed by atoms with E-state index in [9.17, 15) is 4.79 Å². The topological polar surface area (TPSA) is 42.8 Å². The van der Waals surface area contributed by atoms with Crippen LogP contribution in [0, 0.1) is 0 Å². The number of hydrogen-bond acceptors (Lipinski definition) is 3. The van der Waals surface area contributed by atoms with E-state index in [1.807, 2.05) is 30.3 Å². The third kappa shape index (κ3) is 4.95. The molecule has 0 spiro atoms. The molecule has 2 N–H and O–H groups in total. The molecular formula is C22H25N2O2S+. The molecule has 27 heavy (non-hydrogen) atoms. The van der Waals surface area contributed by atoms with Crippen molar-refractivity contribution in [2.75, 3.05) is 25.0 Å².